The van der Waals surface area contributed by atoms with Crippen molar-refractivity contribution >= 4 is 17.4 Å². The zero-order valence-corrected chi connectivity index (χ0v) is 7.96. The van der Waals surface area contributed by atoms with Crippen molar-refractivity contribution < 1.29 is 0 Å². The van der Waals surface area contributed by atoms with Crippen LogP contribution in [0.3, 0.4) is 0 Å². The SMILES string of the molecule is CN(C)c1cc(Cl)nc(=O)n1C. The Bertz CT molecular complexity index is 345. The Morgan fingerprint density at radius 1 is 1.58 bits per heavy atom. The third-order valence-corrected chi connectivity index (χ3v) is 1.73. The summed E-state index contributed by atoms with van der Waals surface area (Å²) in [5.41, 5.74) is -0.341. The van der Waals surface area contributed by atoms with Gasteiger partial charge in [-0.05, 0) is 0 Å². The van der Waals surface area contributed by atoms with Crippen LogP contribution in [0.2, 0.25) is 5.15 Å². The maximum absolute atomic E-state index is 11.1. The summed E-state index contributed by atoms with van der Waals surface area (Å²) in [4.78, 5) is 16.5. The lowest BCUT2D eigenvalue weighted by Gasteiger charge is -2.15. The van der Waals surface area contributed by atoms with Crippen molar-refractivity contribution in [3.63, 3.8) is 0 Å². The summed E-state index contributed by atoms with van der Waals surface area (Å²) in [5.74, 6) is 0.736. The average molecular weight is 188 g/mol. The molecule has 4 nitrogen and oxygen atoms in total. The summed E-state index contributed by atoms with van der Waals surface area (Å²) in [5, 5.41) is 0.224. The molecule has 0 amide bonds. The van der Waals surface area contributed by atoms with E-state index in [1.165, 1.54) is 4.57 Å². The van der Waals surface area contributed by atoms with Gasteiger partial charge >= 0.3 is 5.69 Å². The highest BCUT2D eigenvalue weighted by Gasteiger charge is 2.04. The molecule has 1 rings (SSSR count). The third-order valence-electron chi connectivity index (χ3n) is 1.54. The maximum Gasteiger partial charge on any atom is 0.350 e. The first kappa shape index (κ1) is 9.06. The highest BCUT2D eigenvalue weighted by molar-refractivity contribution is 6.29. The van der Waals surface area contributed by atoms with E-state index in [1.54, 1.807) is 18.0 Å². The lowest BCUT2D eigenvalue weighted by atomic mass is 10.5. The van der Waals surface area contributed by atoms with Crippen molar-refractivity contribution in [2.45, 2.75) is 0 Å². The van der Waals surface area contributed by atoms with Gasteiger partial charge in [0, 0.05) is 27.2 Å². The van der Waals surface area contributed by atoms with Gasteiger partial charge in [-0.2, -0.15) is 4.98 Å². The zero-order valence-electron chi connectivity index (χ0n) is 7.21. The second kappa shape index (κ2) is 3.15. The highest BCUT2D eigenvalue weighted by atomic mass is 35.5. The molecular weight excluding hydrogens is 178 g/mol. The molecule has 1 aromatic rings. The van der Waals surface area contributed by atoms with Gasteiger partial charge in [-0.15, -0.1) is 0 Å². The molecule has 1 aromatic heterocycles. The molecule has 0 unspecified atom stereocenters. The van der Waals surface area contributed by atoms with E-state index in [-0.39, 0.29) is 10.8 Å². The monoisotopic (exact) mass is 187 g/mol. The van der Waals surface area contributed by atoms with Crippen LogP contribution in [0.15, 0.2) is 10.9 Å². The van der Waals surface area contributed by atoms with E-state index in [4.69, 9.17) is 11.6 Å². The fourth-order valence-electron chi connectivity index (χ4n) is 0.929. The molecule has 0 aliphatic carbocycles. The molecule has 0 N–H and O–H groups in total. The molecule has 12 heavy (non-hydrogen) atoms. The summed E-state index contributed by atoms with van der Waals surface area (Å²) < 4.78 is 1.44. The summed E-state index contributed by atoms with van der Waals surface area (Å²) in [7, 11) is 5.33. The molecule has 0 atom stereocenters. The van der Waals surface area contributed by atoms with Gasteiger partial charge in [-0.3, -0.25) is 4.57 Å². The molecule has 0 saturated carbocycles. The van der Waals surface area contributed by atoms with E-state index in [0.717, 1.165) is 5.82 Å². The summed E-state index contributed by atoms with van der Waals surface area (Å²) in [6.07, 6.45) is 0. The van der Waals surface area contributed by atoms with Gasteiger partial charge in [0.15, 0.2) is 0 Å². The number of rotatable bonds is 1. The molecule has 0 aliphatic heterocycles. The molecule has 1 heterocycles. The van der Waals surface area contributed by atoms with Crippen molar-refractivity contribution in [3.05, 3.63) is 21.7 Å². The Morgan fingerprint density at radius 2 is 2.17 bits per heavy atom. The molecular formula is C7H10ClN3O. The third kappa shape index (κ3) is 1.58. The average Bonchev–Trinajstić information content (AvgIpc) is 1.96. The standard InChI is InChI=1S/C7H10ClN3O/c1-10(2)6-4-5(8)9-7(12)11(6)3/h4H,1-3H3. The van der Waals surface area contributed by atoms with E-state index in [0.29, 0.717) is 0 Å². The van der Waals surface area contributed by atoms with Crippen LogP contribution in [0.4, 0.5) is 5.82 Å². The van der Waals surface area contributed by atoms with Gasteiger partial charge in [-0.1, -0.05) is 11.6 Å². The summed E-state index contributed by atoms with van der Waals surface area (Å²) in [6.45, 7) is 0. The van der Waals surface area contributed by atoms with Gasteiger partial charge in [-0.25, -0.2) is 4.79 Å². The van der Waals surface area contributed by atoms with E-state index < -0.39 is 0 Å². The smallest absolute Gasteiger partial charge is 0.350 e. The van der Waals surface area contributed by atoms with Crippen LogP contribution >= 0.6 is 11.6 Å². The molecule has 0 saturated heterocycles. The number of nitrogens with zero attached hydrogens (tertiary/aromatic N) is 3. The predicted octanol–water partition coefficient (Wildman–Crippen LogP) is 0.500. The second-order valence-electron chi connectivity index (χ2n) is 2.67. The number of hydrogen-bond acceptors (Lipinski definition) is 3. The van der Waals surface area contributed by atoms with Crippen LogP contribution in [0.5, 0.6) is 0 Å². The van der Waals surface area contributed by atoms with E-state index in [9.17, 15) is 4.79 Å². The number of aromatic nitrogens is 2. The molecule has 0 bridgehead atoms. The van der Waals surface area contributed by atoms with Crippen LogP contribution in [0.25, 0.3) is 0 Å². The molecule has 0 fully saturated rings. The van der Waals surface area contributed by atoms with Crippen molar-refractivity contribution in [1.82, 2.24) is 9.55 Å². The molecule has 66 valence electrons. The Morgan fingerprint density at radius 3 is 2.67 bits per heavy atom. The minimum Gasteiger partial charge on any atom is -0.364 e. The Balaban J connectivity index is 3.38. The quantitative estimate of drug-likeness (QED) is 0.601. The first-order chi connectivity index (χ1) is 5.52. The summed E-state index contributed by atoms with van der Waals surface area (Å²) >= 11 is 5.62. The van der Waals surface area contributed by atoms with Gasteiger partial charge in [0.1, 0.15) is 11.0 Å². The molecule has 0 aliphatic rings. The van der Waals surface area contributed by atoms with Crippen LogP contribution in [0, 0.1) is 0 Å². The molecule has 0 aromatic carbocycles. The molecule has 0 radical (unpaired) electrons. The van der Waals surface area contributed by atoms with Crippen molar-refractivity contribution in [1.29, 1.82) is 0 Å². The fourth-order valence-corrected chi connectivity index (χ4v) is 1.10. The molecule has 5 heteroatoms. The van der Waals surface area contributed by atoms with Gasteiger partial charge in [0.2, 0.25) is 0 Å². The minimum absolute atomic E-state index is 0.224. The highest BCUT2D eigenvalue weighted by Crippen LogP contribution is 2.11. The van der Waals surface area contributed by atoms with Crippen molar-refractivity contribution in [3.8, 4) is 0 Å². The first-order valence-electron chi connectivity index (χ1n) is 3.43. The minimum atomic E-state index is -0.341. The number of halogens is 1. The number of anilines is 1. The van der Waals surface area contributed by atoms with Gasteiger partial charge < -0.3 is 4.90 Å². The number of hydrogen-bond donors (Lipinski definition) is 0. The van der Waals surface area contributed by atoms with Gasteiger partial charge in [0.25, 0.3) is 0 Å². The van der Waals surface area contributed by atoms with Crippen LogP contribution in [-0.2, 0) is 7.05 Å². The largest absolute Gasteiger partial charge is 0.364 e. The Hall–Kier alpha value is -1.03. The lowest BCUT2D eigenvalue weighted by Crippen LogP contribution is -2.26. The van der Waals surface area contributed by atoms with E-state index in [2.05, 4.69) is 4.98 Å². The van der Waals surface area contributed by atoms with Crippen LogP contribution in [-0.4, -0.2) is 23.6 Å². The van der Waals surface area contributed by atoms with Gasteiger partial charge in [0.05, 0.1) is 0 Å². The van der Waals surface area contributed by atoms with Crippen LogP contribution in [0.1, 0.15) is 0 Å². The summed E-state index contributed by atoms with van der Waals surface area (Å²) in [6, 6.07) is 1.64. The second-order valence-corrected chi connectivity index (χ2v) is 3.06. The molecule has 0 spiro atoms. The predicted molar refractivity (Wildman–Crippen MR) is 48.8 cm³/mol. The normalized spacial score (nSPS) is 10.0. The van der Waals surface area contributed by atoms with Crippen molar-refractivity contribution in [2.24, 2.45) is 7.05 Å². The zero-order chi connectivity index (χ0) is 9.30. The lowest BCUT2D eigenvalue weighted by molar-refractivity contribution is 0.790. The van der Waals surface area contributed by atoms with Crippen molar-refractivity contribution in [2.75, 3.05) is 19.0 Å². The maximum atomic E-state index is 11.1. The Kier molecular flexibility index (Phi) is 2.38. The van der Waals surface area contributed by atoms with E-state index >= 15 is 0 Å². The Labute approximate surface area is 75.4 Å². The van der Waals surface area contributed by atoms with Crippen LogP contribution < -0.4 is 10.6 Å². The fraction of sp³-hybridized carbons (Fsp3) is 0.429. The first-order valence-corrected chi connectivity index (χ1v) is 3.81. The topological polar surface area (TPSA) is 38.1 Å². The van der Waals surface area contributed by atoms with E-state index in [1.807, 2.05) is 14.1 Å².